The van der Waals surface area contributed by atoms with Gasteiger partial charge < -0.3 is 20.1 Å². The lowest BCUT2D eigenvalue weighted by Crippen LogP contribution is -2.32. The normalized spacial score (nSPS) is 11.5. The number of carbonyl (C=O) groups is 1. The summed E-state index contributed by atoms with van der Waals surface area (Å²) in [6.07, 6.45) is 3.48. The third kappa shape index (κ3) is 8.26. The van der Waals surface area contributed by atoms with E-state index in [0.29, 0.717) is 6.54 Å². The van der Waals surface area contributed by atoms with Crippen molar-refractivity contribution in [1.29, 1.82) is 0 Å². The van der Waals surface area contributed by atoms with E-state index >= 15 is 0 Å². The largest absolute Gasteiger partial charge is 0.496 e. The fraction of sp³-hybridized carbons (Fsp3) is 0.500. The zero-order valence-corrected chi connectivity index (χ0v) is 14.7. The van der Waals surface area contributed by atoms with Crippen molar-refractivity contribution < 1.29 is 14.3 Å². The van der Waals surface area contributed by atoms with Crippen LogP contribution in [-0.2, 0) is 11.3 Å². The molecule has 0 fully saturated rings. The van der Waals surface area contributed by atoms with E-state index in [1.165, 1.54) is 5.56 Å². The van der Waals surface area contributed by atoms with Gasteiger partial charge >= 0.3 is 6.09 Å². The second kappa shape index (κ2) is 9.20. The van der Waals surface area contributed by atoms with Crippen LogP contribution in [0.3, 0.4) is 0 Å². The zero-order valence-electron chi connectivity index (χ0n) is 14.7. The number of rotatable bonds is 7. The molecule has 0 heterocycles. The number of nitrogens with one attached hydrogen (secondary N) is 2. The first-order valence-electron chi connectivity index (χ1n) is 7.78. The molecule has 5 nitrogen and oxygen atoms in total. The summed E-state index contributed by atoms with van der Waals surface area (Å²) in [7, 11) is 1.68. The minimum Gasteiger partial charge on any atom is -0.496 e. The van der Waals surface area contributed by atoms with E-state index < -0.39 is 11.7 Å². The summed E-state index contributed by atoms with van der Waals surface area (Å²) in [5.74, 6) is 0.905. The highest BCUT2D eigenvalue weighted by molar-refractivity contribution is 5.67. The molecule has 0 atom stereocenters. The Balaban J connectivity index is 2.20. The van der Waals surface area contributed by atoms with Crippen LogP contribution in [0.25, 0.3) is 0 Å². The van der Waals surface area contributed by atoms with Crippen molar-refractivity contribution in [3.8, 4) is 5.75 Å². The predicted molar refractivity (Wildman–Crippen MR) is 92.8 cm³/mol. The van der Waals surface area contributed by atoms with Crippen LogP contribution >= 0.6 is 0 Å². The Morgan fingerprint density at radius 2 is 1.91 bits per heavy atom. The summed E-state index contributed by atoms with van der Waals surface area (Å²) < 4.78 is 10.4. The molecule has 1 aromatic carbocycles. The highest BCUT2D eigenvalue weighted by Crippen LogP contribution is 2.18. The first-order chi connectivity index (χ1) is 10.8. The van der Waals surface area contributed by atoms with Gasteiger partial charge in [-0.25, -0.2) is 4.79 Å². The lowest BCUT2D eigenvalue weighted by atomic mass is 10.1. The van der Waals surface area contributed by atoms with Crippen LogP contribution in [0.15, 0.2) is 30.4 Å². The Bertz CT molecular complexity index is 534. The van der Waals surface area contributed by atoms with Crippen molar-refractivity contribution in [3.63, 3.8) is 0 Å². The molecule has 0 bridgehead atoms. The summed E-state index contributed by atoms with van der Waals surface area (Å²) in [5, 5.41) is 6.00. The van der Waals surface area contributed by atoms with Gasteiger partial charge in [-0.15, -0.1) is 0 Å². The number of hydrogen-bond donors (Lipinski definition) is 2. The topological polar surface area (TPSA) is 59.6 Å². The number of carbonyl (C=O) groups excluding carboxylic acids is 1. The molecule has 0 saturated carbocycles. The summed E-state index contributed by atoms with van der Waals surface area (Å²) in [5.41, 5.74) is 1.87. The number of alkyl carbamates (subject to hydrolysis) is 1. The van der Waals surface area contributed by atoms with Gasteiger partial charge in [0.1, 0.15) is 11.4 Å². The number of aryl methyl sites for hydroxylation is 1. The second-order valence-corrected chi connectivity index (χ2v) is 6.29. The van der Waals surface area contributed by atoms with E-state index in [2.05, 4.69) is 16.7 Å². The van der Waals surface area contributed by atoms with Gasteiger partial charge in [-0.2, -0.15) is 0 Å². The molecular weight excluding hydrogens is 292 g/mol. The number of benzene rings is 1. The van der Waals surface area contributed by atoms with Crippen LogP contribution in [0.2, 0.25) is 0 Å². The molecule has 128 valence electrons. The van der Waals surface area contributed by atoms with Gasteiger partial charge in [0.15, 0.2) is 0 Å². The average molecular weight is 320 g/mol. The molecule has 5 heteroatoms. The van der Waals surface area contributed by atoms with E-state index in [1.807, 2.05) is 52.0 Å². The van der Waals surface area contributed by atoms with Gasteiger partial charge in [-0.3, -0.25) is 0 Å². The monoisotopic (exact) mass is 320 g/mol. The Labute approximate surface area is 139 Å². The third-order valence-electron chi connectivity index (χ3n) is 2.98. The molecule has 0 spiro atoms. The smallest absolute Gasteiger partial charge is 0.407 e. The van der Waals surface area contributed by atoms with E-state index in [0.717, 1.165) is 24.4 Å². The van der Waals surface area contributed by atoms with E-state index in [1.54, 1.807) is 7.11 Å². The van der Waals surface area contributed by atoms with Crippen molar-refractivity contribution in [3.05, 3.63) is 41.5 Å². The van der Waals surface area contributed by atoms with Gasteiger partial charge in [-0.05, 0) is 44.9 Å². The van der Waals surface area contributed by atoms with Gasteiger partial charge in [0.2, 0.25) is 0 Å². The first-order valence-corrected chi connectivity index (χ1v) is 7.78. The highest BCUT2D eigenvalue weighted by Gasteiger charge is 2.14. The molecule has 2 N–H and O–H groups in total. The van der Waals surface area contributed by atoms with Crippen molar-refractivity contribution in [2.45, 2.75) is 39.8 Å². The lowest BCUT2D eigenvalue weighted by Gasteiger charge is -2.19. The van der Waals surface area contributed by atoms with Crippen LogP contribution in [0.4, 0.5) is 4.79 Å². The second-order valence-electron chi connectivity index (χ2n) is 6.29. The summed E-state index contributed by atoms with van der Waals surface area (Å²) >= 11 is 0. The van der Waals surface area contributed by atoms with Crippen molar-refractivity contribution in [2.24, 2.45) is 0 Å². The van der Waals surface area contributed by atoms with Crippen molar-refractivity contribution in [2.75, 3.05) is 20.2 Å². The molecular formula is C18H28N2O3. The molecule has 0 aliphatic rings. The lowest BCUT2D eigenvalue weighted by molar-refractivity contribution is 0.0534. The van der Waals surface area contributed by atoms with E-state index in [9.17, 15) is 4.79 Å². The Hall–Kier alpha value is -2.01. The molecule has 0 aliphatic heterocycles. The molecule has 1 rings (SSSR count). The first kappa shape index (κ1) is 19.0. The van der Waals surface area contributed by atoms with Crippen LogP contribution in [-0.4, -0.2) is 31.9 Å². The fourth-order valence-corrected chi connectivity index (χ4v) is 1.97. The van der Waals surface area contributed by atoms with Gasteiger partial charge in [0, 0.05) is 19.6 Å². The Morgan fingerprint density at radius 1 is 1.22 bits per heavy atom. The van der Waals surface area contributed by atoms with Crippen molar-refractivity contribution >= 4 is 6.09 Å². The molecule has 0 saturated heterocycles. The number of hydrogen-bond acceptors (Lipinski definition) is 4. The SMILES string of the molecule is COc1ccc(CNC/C=C/CNC(=O)OC(C)(C)C)cc1C. The highest BCUT2D eigenvalue weighted by atomic mass is 16.6. The number of ether oxygens (including phenoxy) is 2. The van der Waals surface area contributed by atoms with Crippen LogP contribution in [0.5, 0.6) is 5.75 Å². The minimum atomic E-state index is -0.466. The number of methoxy groups -OCH3 is 1. The Morgan fingerprint density at radius 3 is 2.52 bits per heavy atom. The molecule has 0 aliphatic carbocycles. The zero-order chi connectivity index (χ0) is 17.3. The van der Waals surface area contributed by atoms with E-state index in [-0.39, 0.29) is 0 Å². The average Bonchev–Trinajstić information content (AvgIpc) is 2.44. The van der Waals surface area contributed by atoms with Crippen LogP contribution < -0.4 is 15.4 Å². The molecule has 0 radical (unpaired) electrons. The molecule has 23 heavy (non-hydrogen) atoms. The van der Waals surface area contributed by atoms with Crippen molar-refractivity contribution in [1.82, 2.24) is 10.6 Å². The minimum absolute atomic E-state index is 0.399. The Kier molecular flexibility index (Phi) is 7.62. The predicted octanol–water partition coefficient (Wildman–Crippen LogP) is 3.17. The summed E-state index contributed by atoms with van der Waals surface area (Å²) in [6.45, 7) is 9.53. The van der Waals surface area contributed by atoms with Gasteiger partial charge in [0.25, 0.3) is 0 Å². The van der Waals surface area contributed by atoms with Gasteiger partial charge in [-0.1, -0.05) is 24.3 Å². The summed E-state index contributed by atoms with van der Waals surface area (Å²) in [4.78, 5) is 11.4. The maximum Gasteiger partial charge on any atom is 0.407 e. The van der Waals surface area contributed by atoms with E-state index in [4.69, 9.17) is 9.47 Å². The molecule has 0 unspecified atom stereocenters. The quantitative estimate of drug-likeness (QED) is 0.598. The maximum absolute atomic E-state index is 11.4. The third-order valence-corrected chi connectivity index (χ3v) is 2.98. The van der Waals surface area contributed by atoms with Gasteiger partial charge in [0.05, 0.1) is 7.11 Å². The maximum atomic E-state index is 11.4. The number of amides is 1. The standard InChI is InChI=1S/C18H28N2O3/c1-14-12-15(8-9-16(14)22-5)13-19-10-6-7-11-20-17(21)23-18(2,3)4/h6-9,12,19H,10-11,13H2,1-5H3,(H,20,21)/b7-6+. The molecule has 0 aromatic heterocycles. The molecule has 1 amide bonds. The fourth-order valence-electron chi connectivity index (χ4n) is 1.97. The van der Waals surface area contributed by atoms with Crippen LogP contribution in [0, 0.1) is 6.92 Å². The molecule has 1 aromatic rings. The summed E-state index contributed by atoms with van der Waals surface area (Å²) in [6, 6.07) is 6.14. The van der Waals surface area contributed by atoms with Crippen LogP contribution in [0.1, 0.15) is 31.9 Å².